The van der Waals surface area contributed by atoms with Crippen molar-refractivity contribution in [3.8, 4) is 5.75 Å². The van der Waals surface area contributed by atoms with Gasteiger partial charge in [-0.3, -0.25) is 4.79 Å². The fourth-order valence-electron chi connectivity index (χ4n) is 2.81. The Hall–Kier alpha value is -2.67. The van der Waals surface area contributed by atoms with Gasteiger partial charge in [-0.15, -0.1) is 10.2 Å². The van der Waals surface area contributed by atoms with Crippen molar-refractivity contribution in [3.05, 3.63) is 42.0 Å². The molecule has 1 aromatic carbocycles. The Morgan fingerprint density at radius 3 is 2.46 bits per heavy atom. The summed E-state index contributed by atoms with van der Waals surface area (Å²) in [6.07, 6.45) is 2.38. The van der Waals surface area contributed by atoms with Gasteiger partial charge >= 0.3 is 0 Å². The van der Waals surface area contributed by atoms with Crippen LogP contribution >= 0.6 is 0 Å². The number of carbonyl (C=O) groups excluding carboxylic acids is 1. The maximum atomic E-state index is 12.2. The molecule has 1 aromatic heterocycles. The third kappa shape index (κ3) is 5.16. The lowest BCUT2D eigenvalue weighted by Crippen LogP contribution is -2.28. The Bertz CT molecular complexity index is 698. The average molecular weight is 356 g/mol. The summed E-state index contributed by atoms with van der Waals surface area (Å²) in [5, 5.41) is 14.2. The molecule has 26 heavy (non-hydrogen) atoms. The topological polar surface area (TPSA) is 85.4 Å². The molecule has 2 N–H and O–H groups in total. The summed E-state index contributed by atoms with van der Waals surface area (Å²) in [4.78, 5) is 12.2. The number of carbonyl (C=O) groups is 1. The summed E-state index contributed by atoms with van der Waals surface area (Å²) in [7, 11) is 1.66. The molecule has 0 spiro atoms. The predicted octanol–water partition coefficient (Wildman–Crippen LogP) is 2.50. The van der Waals surface area contributed by atoms with E-state index in [2.05, 4.69) is 20.8 Å². The van der Waals surface area contributed by atoms with Crippen LogP contribution in [0, 0.1) is 5.92 Å². The first-order valence-corrected chi connectivity index (χ1v) is 8.84. The Kier molecular flexibility index (Phi) is 6.38. The van der Waals surface area contributed by atoms with Crippen molar-refractivity contribution in [2.75, 3.05) is 37.5 Å². The molecule has 0 unspecified atom stereocenters. The van der Waals surface area contributed by atoms with E-state index in [1.807, 2.05) is 30.3 Å². The van der Waals surface area contributed by atoms with Crippen LogP contribution in [0.5, 0.6) is 5.75 Å². The number of amides is 1. The quantitative estimate of drug-likeness (QED) is 0.793. The van der Waals surface area contributed by atoms with Gasteiger partial charge in [0.25, 0.3) is 0 Å². The van der Waals surface area contributed by atoms with E-state index in [0.717, 1.165) is 31.6 Å². The molecule has 3 rings (SSSR count). The number of hydrogen-bond donors (Lipinski definition) is 2. The zero-order valence-electron chi connectivity index (χ0n) is 14.9. The standard InChI is InChI=1S/C19H24N4O3/c1-25-16-4-2-14(3-5-16)8-11-20-17-6-7-18(23-22-17)21-19(24)15-9-12-26-13-10-15/h2-7,15H,8-13H2,1H3,(H,20,22)(H,21,23,24). The maximum Gasteiger partial charge on any atom is 0.228 e. The smallest absolute Gasteiger partial charge is 0.228 e. The van der Waals surface area contributed by atoms with E-state index in [4.69, 9.17) is 9.47 Å². The molecule has 0 bridgehead atoms. The summed E-state index contributed by atoms with van der Waals surface area (Å²) in [5.74, 6) is 1.99. The summed E-state index contributed by atoms with van der Waals surface area (Å²) < 4.78 is 10.4. The third-order valence-corrected chi connectivity index (χ3v) is 4.39. The van der Waals surface area contributed by atoms with E-state index in [1.165, 1.54) is 5.56 Å². The van der Waals surface area contributed by atoms with Gasteiger partial charge < -0.3 is 20.1 Å². The molecule has 2 aromatic rings. The van der Waals surface area contributed by atoms with Crippen molar-refractivity contribution in [1.29, 1.82) is 0 Å². The van der Waals surface area contributed by atoms with Gasteiger partial charge in [0.2, 0.25) is 5.91 Å². The van der Waals surface area contributed by atoms with Crippen molar-refractivity contribution in [2.45, 2.75) is 19.3 Å². The van der Waals surface area contributed by atoms with Gasteiger partial charge in [0.05, 0.1) is 7.11 Å². The molecule has 0 saturated carbocycles. The molecule has 1 aliphatic heterocycles. The second-order valence-electron chi connectivity index (χ2n) is 6.20. The molecular weight excluding hydrogens is 332 g/mol. The first-order chi connectivity index (χ1) is 12.7. The third-order valence-electron chi connectivity index (χ3n) is 4.39. The second kappa shape index (κ2) is 9.15. The van der Waals surface area contributed by atoms with Crippen molar-refractivity contribution in [3.63, 3.8) is 0 Å². The Morgan fingerprint density at radius 1 is 1.12 bits per heavy atom. The number of rotatable bonds is 7. The van der Waals surface area contributed by atoms with Gasteiger partial charge in [-0.25, -0.2) is 0 Å². The molecule has 7 nitrogen and oxygen atoms in total. The van der Waals surface area contributed by atoms with Crippen molar-refractivity contribution in [1.82, 2.24) is 10.2 Å². The molecule has 1 amide bonds. The Labute approximate surface area is 153 Å². The highest BCUT2D eigenvalue weighted by Crippen LogP contribution is 2.17. The SMILES string of the molecule is COc1ccc(CCNc2ccc(NC(=O)C3CCOCC3)nn2)cc1. The minimum absolute atomic E-state index is 0.00662. The van der Waals surface area contributed by atoms with Gasteiger partial charge in [-0.05, 0) is 49.1 Å². The fraction of sp³-hybridized carbons (Fsp3) is 0.421. The number of ether oxygens (including phenoxy) is 2. The Balaban J connectivity index is 1.44. The van der Waals surface area contributed by atoms with Crippen LogP contribution in [0.3, 0.4) is 0 Å². The number of aromatic nitrogens is 2. The minimum atomic E-state index is -0.0113. The van der Waals surface area contributed by atoms with Crippen LogP contribution in [-0.2, 0) is 16.0 Å². The largest absolute Gasteiger partial charge is 0.497 e. The van der Waals surface area contributed by atoms with Crippen LogP contribution in [0.1, 0.15) is 18.4 Å². The summed E-state index contributed by atoms with van der Waals surface area (Å²) in [6.45, 7) is 2.02. The lowest BCUT2D eigenvalue weighted by atomic mass is 9.99. The van der Waals surface area contributed by atoms with Gasteiger partial charge in [0.15, 0.2) is 5.82 Å². The molecule has 1 aliphatic rings. The highest BCUT2D eigenvalue weighted by molar-refractivity contribution is 5.91. The molecule has 0 radical (unpaired) electrons. The number of methoxy groups -OCH3 is 1. The number of anilines is 2. The highest BCUT2D eigenvalue weighted by Gasteiger charge is 2.21. The van der Waals surface area contributed by atoms with Crippen LogP contribution in [0.15, 0.2) is 36.4 Å². The molecular formula is C19H24N4O3. The van der Waals surface area contributed by atoms with E-state index in [-0.39, 0.29) is 11.8 Å². The lowest BCUT2D eigenvalue weighted by Gasteiger charge is -2.20. The number of hydrogen-bond acceptors (Lipinski definition) is 6. The zero-order chi connectivity index (χ0) is 18.2. The summed E-state index contributed by atoms with van der Waals surface area (Å²) in [6, 6.07) is 11.6. The van der Waals surface area contributed by atoms with E-state index >= 15 is 0 Å². The summed E-state index contributed by atoms with van der Waals surface area (Å²) >= 11 is 0. The van der Waals surface area contributed by atoms with Crippen LogP contribution in [-0.4, -0.2) is 43.0 Å². The van der Waals surface area contributed by atoms with Crippen LogP contribution in [0.2, 0.25) is 0 Å². The normalized spacial score (nSPS) is 14.7. The lowest BCUT2D eigenvalue weighted by molar-refractivity contribution is -0.122. The summed E-state index contributed by atoms with van der Waals surface area (Å²) in [5.41, 5.74) is 1.21. The van der Waals surface area contributed by atoms with Crippen LogP contribution in [0.25, 0.3) is 0 Å². The van der Waals surface area contributed by atoms with Gasteiger partial charge in [-0.1, -0.05) is 12.1 Å². The van der Waals surface area contributed by atoms with Crippen LogP contribution in [0.4, 0.5) is 11.6 Å². The van der Waals surface area contributed by atoms with E-state index in [0.29, 0.717) is 24.8 Å². The fourth-order valence-corrected chi connectivity index (χ4v) is 2.81. The first kappa shape index (κ1) is 18.1. The zero-order valence-corrected chi connectivity index (χ0v) is 14.9. The molecule has 0 atom stereocenters. The molecule has 7 heteroatoms. The van der Waals surface area contributed by atoms with E-state index < -0.39 is 0 Å². The monoisotopic (exact) mass is 356 g/mol. The van der Waals surface area contributed by atoms with Crippen molar-refractivity contribution >= 4 is 17.5 Å². The van der Waals surface area contributed by atoms with Crippen molar-refractivity contribution < 1.29 is 14.3 Å². The van der Waals surface area contributed by atoms with Gasteiger partial charge in [0, 0.05) is 25.7 Å². The van der Waals surface area contributed by atoms with Gasteiger partial charge in [-0.2, -0.15) is 0 Å². The molecule has 1 saturated heterocycles. The molecule has 0 aliphatic carbocycles. The Morgan fingerprint density at radius 2 is 1.81 bits per heavy atom. The average Bonchev–Trinajstić information content (AvgIpc) is 2.70. The van der Waals surface area contributed by atoms with Crippen LogP contribution < -0.4 is 15.4 Å². The predicted molar refractivity (Wildman–Crippen MR) is 99.4 cm³/mol. The highest BCUT2D eigenvalue weighted by atomic mass is 16.5. The number of nitrogens with one attached hydrogen (secondary N) is 2. The van der Waals surface area contributed by atoms with E-state index in [9.17, 15) is 4.79 Å². The molecule has 1 fully saturated rings. The molecule has 2 heterocycles. The second-order valence-corrected chi connectivity index (χ2v) is 6.20. The number of benzene rings is 1. The molecule has 138 valence electrons. The number of nitrogens with zero attached hydrogens (tertiary/aromatic N) is 2. The van der Waals surface area contributed by atoms with Crippen molar-refractivity contribution in [2.24, 2.45) is 5.92 Å². The first-order valence-electron chi connectivity index (χ1n) is 8.84. The van der Waals surface area contributed by atoms with E-state index in [1.54, 1.807) is 13.2 Å². The maximum absolute atomic E-state index is 12.2. The minimum Gasteiger partial charge on any atom is -0.497 e. The van der Waals surface area contributed by atoms with Gasteiger partial charge in [0.1, 0.15) is 11.6 Å².